The van der Waals surface area contributed by atoms with Crippen LogP contribution in [0.15, 0.2) is 18.2 Å². The van der Waals surface area contributed by atoms with E-state index in [4.69, 9.17) is 29.4 Å². The third kappa shape index (κ3) is 8.51. The van der Waals surface area contributed by atoms with Crippen LogP contribution in [-0.2, 0) is 30.2 Å². The molecule has 11 heteroatoms. The number of benzene rings is 1. The molecular formula is C20H27NO10. The lowest BCUT2D eigenvalue weighted by Crippen LogP contribution is -2.52. The first-order chi connectivity index (χ1) is 14.5. The van der Waals surface area contributed by atoms with Gasteiger partial charge < -0.3 is 34.5 Å². The van der Waals surface area contributed by atoms with Crippen LogP contribution in [0.1, 0.15) is 39.7 Å². The van der Waals surface area contributed by atoms with Crippen molar-refractivity contribution in [2.24, 2.45) is 5.73 Å². The number of carboxylic acid groups (broad SMARTS) is 1. The summed E-state index contributed by atoms with van der Waals surface area (Å²) in [6, 6.07) is 4.05. The fourth-order valence-electron chi connectivity index (χ4n) is 2.74. The zero-order chi connectivity index (χ0) is 23.6. The number of carbonyl (C=O) groups is 4. The number of aliphatic carboxylic acids is 1. The highest BCUT2D eigenvalue weighted by molar-refractivity contribution is 5.79. The standard InChI is InChI=1S/C20H27NO10/c1-5-27-18(25)30-15-8-7-14(9-16(15)31-19(26)28-6-2)11-20(21,17(23)24)10-12(3)29-13(4)22/h7-9,12H,5-6,10-11,21H2,1-4H3,(H,23,24)/t12-,20?/m0/s1. The molecule has 1 aromatic carbocycles. The number of carbonyl (C=O) groups excluding carboxylic acids is 3. The molecule has 0 fully saturated rings. The summed E-state index contributed by atoms with van der Waals surface area (Å²) < 4.78 is 24.5. The minimum absolute atomic E-state index is 0.0472. The Balaban J connectivity index is 3.18. The third-order valence-electron chi connectivity index (χ3n) is 3.88. The summed E-state index contributed by atoms with van der Waals surface area (Å²) in [5.41, 5.74) is 4.64. The Morgan fingerprint density at radius 1 is 1.03 bits per heavy atom. The first-order valence-corrected chi connectivity index (χ1v) is 9.52. The average molecular weight is 441 g/mol. The second kappa shape index (κ2) is 11.7. The Hall–Kier alpha value is -3.34. The van der Waals surface area contributed by atoms with Gasteiger partial charge in [0.05, 0.1) is 13.2 Å². The maximum absolute atomic E-state index is 11.8. The number of nitrogens with two attached hydrogens (primary N) is 1. The van der Waals surface area contributed by atoms with Crippen molar-refractivity contribution in [2.75, 3.05) is 13.2 Å². The molecule has 1 aromatic rings. The fraction of sp³-hybridized carbons (Fsp3) is 0.500. The quantitative estimate of drug-likeness (QED) is 0.311. The predicted molar refractivity (Wildman–Crippen MR) is 106 cm³/mol. The molecule has 0 bridgehead atoms. The van der Waals surface area contributed by atoms with Crippen molar-refractivity contribution in [3.63, 3.8) is 0 Å². The molecule has 172 valence electrons. The van der Waals surface area contributed by atoms with Gasteiger partial charge in [0.15, 0.2) is 11.5 Å². The molecule has 1 rings (SSSR count). The van der Waals surface area contributed by atoms with Gasteiger partial charge in [-0.1, -0.05) is 6.07 Å². The van der Waals surface area contributed by atoms with Crippen molar-refractivity contribution in [3.8, 4) is 11.5 Å². The molecule has 0 aromatic heterocycles. The van der Waals surface area contributed by atoms with E-state index in [-0.39, 0.29) is 37.6 Å². The van der Waals surface area contributed by atoms with Gasteiger partial charge in [-0.2, -0.15) is 0 Å². The molecule has 1 unspecified atom stereocenters. The van der Waals surface area contributed by atoms with Gasteiger partial charge in [0.1, 0.15) is 11.6 Å². The van der Waals surface area contributed by atoms with Gasteiger partial charge in [-0.3, -0.25) is 9.59 Å². The van der Waals surface area contributed by atoms with Gasteiger partial charge in [-0.05, 0) is 38.5 Å². The molecule has 31 heavy (non-hydrogen) atoms. The lowest BCUT2D eigenvalue weighted by Gasteiger charge is -2.28. The Morgan fingerprint density at radius 2 is 1.58 bits per heavy atom. The minimum Gasteiger partial charge on any atom is -0.480 e. The molecule has 0 aliphatic rings. The average Bonchev–Trinajstić information content (AvgIpc) is 2.63. The lowest BCUT2D eigenvalue weighted by molar-refractivity contribution is -0.151. The van der Waals surface area contributed by atoms with Crippen molar-refractivity contribution in [1.82, 2.24) is 0 Å². The van der Waals surface area contributed by atoms with E-state index in [0.29, 0.717) is 5.56 Å². The highest BCUT2D eigenvalue weighted by Crippen LogP contribution is 2.31. The first kappa shape index (κ1) is 25.7. The van der Waals surface area contributed by atoms with Crippen molar-refractivity contribution < 1.29 is 48.0 Å². The van der Waals surface area contributed by atoms with Crippen LogP contribution in [0, 0.1) is 0 Å². The molecule has 0 amide bonds. The Labute approximate surface area is 179 Å². The third-order valence-corrected chi connectivity index (χ3v) is 3.88. The normalized spacial score (nSPS) is 13.3. The van der Waals surface area contributed by atoms with Gasteiger partial charge >= 0.3 is 24.2 Å². The topological polar surface area (TPSA) is 161 Å². The van der Waals surface area contributed by atoms with Crippen LogP contribution in [0.5, 0.6) is 11.5 Å². The van der Waals surface area contributed by atoms with Crippen LogP contribution in [0.4, 0.5) is 9.59 Å². The minimum atomic E-state index is -1.79. The van der Waals surface area contributed by atoms with Gasteiger partial charge in [-0.25, -0.2) is 9.59 Å². The SMILES string of the molecule is CCOC(=O)Oc1ccc(CC(N)(C[C@H](C)OC(C)=O)C(=O)O)cc1OC(=O)OCC. The Morgan fingerprint density at radius 3 is 2.06 bits per heavy atom. The zero-order valence-electron chi connectivity index (χ0n) is 17.8. The lowest BCUT2D eigenvalue weighted by atomic mass is 9.86. The van der Waals surface area contributed by atoms with Crippen LogP contribution in [0.3, 0.4) is 0 Å². The van der Waals surface area contributed by atoms with E-state index in [1.165, 1.54) is 32.0 Å². The van der Waals surface area contributed by atoms with Crippen LogP contribution in [0.2, 0.25) is 0 Å². The Bertz CT molecular complexity index is 809. The fourth-order valence-corrected chi connectivity index (χ4v) is 2.74. The molecule has 0 heterocycles. The summed E-state index contributed by atoms with van der Waals surface area (Å²) in [5, 5.41) is 9.64. The van der Waals surface area contributed by atoms with Gasteiger partial charge in [-0.15, -0.1) is 0 Å². The highest BCUT2D eigenvalue weighted by Gasteiger charge is 2.37. The first-order valence-electron chi connectivity index (χ1n) is 9.52. The van der Waals surface area contributed by atoms with Crippen LogP contribution < -0.4 is 15.2 Å². The number of rotatable bonds is 10. The highest BCUT2D eigenvalue weighted by atomic mass is 16.7. The largest absolute Gasteiger partial charge is 0.513 e. The number of hydrogen-bond donors (Lipinski definition) is 2. The summed E-state index contributed by atoms with van der Waals surface area (Å²) in [5.74, 6) is -2.21. The van der Waals surface area contributed by atoms with E-state index in [9.17, 15) is 24.3 Å². The number of esters is 1. The molecule has 0 aliphatic carbocycles. The summed E-state index contributed by atoms with van der Waals surface area (Å²) in [7, 11) is 0. The zero-order valence-corrected chi connectivity index (χ0v) is 17.8. The van der Waals surface area contributed by atoms with E-state index in [2.05, 4.69) is 0 Å². The molecule has 2 atom stereocenters. The molecule has 0 aliphatic heterocycles. The van der Waals surface area contributed by atoms with Crippen molar-refractivity contribution >= 4 is 24.2 Å². The van der Waals surface area contributed by atoms with Crippen LogP contribution >= 0.6 is 0 Å². The molecule has 0 saturated carbocycles. The molecule has 0 saturated heterocycles. The second-order valence-electron chi connectivity index (χ2n) is 6.61. The van der Waals surface area contributed by atoms with Crippen molar-refractivity contribution in [2.45, 2.75) is 52.2 Å². The number of carboxylic acids is 1. The second-order valence-corrected chi connectivity index (χ2v) is 6.61. The smallest absolute Gasteiger partial charge is 0.480 e. The van der Waals surface area contributed by atoms with Crippen molar-refractivity contribution in [1.29, 1.82) is 0 Å². The van der Waals surface area contributed by atoms with E-state index in [1.807, 2.05) is 0 Å². The van der Waals surface area contributed by atoms with Gasteiger partial charge in [0, 0.05) is 19.8 Å². The van der Waals surface area contributed by atoms with E-state index >= 15 is 0 Å². The van der Waals surface area contributed by atoms with Gasteiger partial charge in [0.2, 0.25) is 0 Å². The summed E-state index contributed by atoms with van der Waals surface area (Å²) in [6.45, 7) is 6.01. The number of ether oxygens (including phenoxy) is 5. The Kier molecular flexibility index (Phi) is 9.74. The molecule has 11 nitrogen and oxygen atoms in total. The maximum Gasteiger partial charge on any atom is 0.513 e. The summed E-state index contributed by atoms with van der Waals surface area (Å²) in [4.78, 5) is 46.3. The van der Waals surface area contributed by atoms with Gasteiger partial charge in [0.25, 0.3) is 0 Å². The molecule has 0 spiro atoms. The summed E-state index contributed by atoms with van der Waals surface area (Å²) in [6.07, 6.45) is -3.18. The monoisotopic (exact) mass is 441 g/mol. The van der Waals surface area contributed by atoms with Crippen LogP contribution in [-0.4, -0.2) is 54.2 Å². The number of hydrogen-bond acceptors (Lipinski definition) is 10. The van der Waals surface area contributed by atoms with E-state index in [0.717, 1.165) is 0 Å². The molecular weight excluding hydrogens is 414 g/mol. The molecule has 3 N–H and O–H groups in total. The van der Waals surface area contributed by atoms with Crippen molar-refractivity contribution in [3.05, 3.63) is 23.8 Å². The predicted octanol–water partition coefficient (Wildman–Crippen LogP) is 2.42. The van der Waals surface area contributed by atoms with E-state index in [1.54, 1.807) is 13.8 Å². The van der Waals surface area contributed by atoms with Crippen LogP contribution in [0.25, 0.3) is 0 Å². The maximum atomic E-state index is 11.8. The van der Waals surface area contributed by atoms with E-state index < -0.39 is 35.9 Å². The summed E-state index contributed by atoms with van der Waals surface area (Å²) >= 11 is 0. The molecule has 0 radical (unpaired) electrons.